The van der Waals surface area contributed by atoms with E-state index < -0.39 is 0 Å². The first-order chi connectivity index (χ1) is 12.8. The van der Waals surface area contributed by atoms with Gasteiger partial charge in [-0.2, -0.15) is 0 Å². The number of thiophene rings is 1. The molecule has 0 bridgehead atoms. The van der Waals surface area contributed by atoms with Gasteiger partial charge < -0.3 is 9.64 Å². The van der Waals surface area contributed by atoms with Crippen LogP contribution in [0.3, 0.4) is 0 Å². The molecule has 1 aliphatic heterocycles. The van der Waals surface area contributed by atoms with Gasteiger partial charge in [-0.1, -0.05) is 18.2 Å². The summed E-state index contributed by atoms with van der Waals surface area (Å²) in [6, 6.07) is 9.88. The van der Waals surface area contributed by atoms with E-state index in [-0.39, 0.29) is 5.56 Å². The van der Waals surface area contributed by atoms with E-state index in [4.69, 9.17) is 9.72 Å². The lowest BCUT2D eigenvalue weighted by Crippen LogP contribution is -2.40. The van der Waals surface area contributed by atoms with E-state index in [2.05, 4.69) is 4.90 Å². The van der Waals surface area contributed by atoms with Gasteiger partial charge in [0.25, 0.3) is 5.56 Å². The molecule has 1 aromatic carbocycles. The van der Waals surface area contributed by atoms with Crippen molar-refractivity contribution in [3.8, 4) is 5.69 Å². The Morgan fingerprint density at radius 2 is 1.81 bits per heavy atom. The molecule has 0 saturated carbocycles. The molecule has 5 rings (SSSR count). The van der Waals surface area contributed by atoms with E-state index in [0.29, 0.717) is 13.2 Å². The highest BCUT2D eigenvalue weighted by molar-refractivity contribution is 7.18. The van der Waals surface area contributed by atoms with Crippen LogP contribution in [0.1, 0.15) is 23.3 Å². The van der Waals surface area contributed by atoms with Crippen LogP contribution in [0.15, 0.2) is 35.1 Å². The number of anilines is 1. The maximum absolute atomic E-state index is 13.6. The van der Waals surface area contributed by atoms with Crippen molar-refractivity contribution in [1.29, 1.82) is 0 Å². The third-order valence-corrected chi connectivity index (χ3v) is 6.47. The van der Waals surface area contributed by atoms with E-state index in [0.717, 1.165) is 54.2 Å². The number of para-hydroxylation sites is 1. The van der Waals surface area contributed by atoms with Crippen LogP contribution in [0.2, 0.25) is 0 Å². The predicted molar refractivity (Wildman–Crippen MR) is 105 cm³/mol. The van der Waals surface area contributed by atoms with Crippen molar-refractivity contribution in [2.75, 3.05) is 31.2 Å². The first-order valence-corrected chi connectivity index (χ1v) is 10.1. The molecule has 1 fully saturated rings. The minimum absolute atomic E-state index is 0.0714. The Kier molecular flexibility index (Phi) is 4.02. The van der Waals surface area contributed by atoms with Crippen LogP contribution in [0.25, 0.3) is 15.9 Å². The summed E-state index contributed by atoms with van der Waals surface area (Å²) in [6.45, 7) is 2.86. The first-order valence-electron chi connectivity index (χ1n) is 9.28. The number of ether oxygens (including phenoxy) is 1. The molecule has 3 heterocycles. The molecule has 5 nitrogen and oxygen atoms in total. The highest BCUT2D eigenvalue weighted by atomic mass is 32.1. The molecule has 1 saturated heterocycles. The first kappa shape index (κ1) is 16.0. The Bertz CT molecular complexity index is 1000. The maximum atomic E-state index is 13.6. The number of morpholine rings is 1. The van der Waals surface area contributed by atoms with Crippen molar-refractivity contribution in [2.45, 2.75) is 25.7 Å². The molecule has 26 heavy (non-hydrogen) atoms. The third kappa shape index (κ3) is 2.56. The van der Waals surface area contributed by atoms with Crippen LogP contribution in [-0.4, -0.2) is 35.9 Å². The zero-order chi connectivity index (χ0) is 17.5. The number of aromatic nitrogens is 2. The zero-order valence-electron chi connectivity index (χ0n) is 14.6. The van der Waals surface area contributed by atoms with Gasteiger partial charge in [0.05, 0.1) is 24.3 Å². The number of benzene rings is 1. The van der Waals surface area contributed by atoms with E-state index in [1.54, 1.807) is 15.9 Å². The molecule has 0 N–H and O–H groups in total. The zero-order valence-corrected chi connectivity index (χ0v) is 15.4. The number of nitrogens with zero attached hydrogens (tertiary/aromatic N) is 3. The highest BCUT2D eigenvalue weighted by Crippen LogP contribution is 2.35. The van der Waals surface area contributed by atoms with Gasteiger partial charge in [-0.15, -0.1) is 11.3 Å². The second-order valence-corrected chi connectivity index (χ2v) is 7.96. The standard InChI is InChI=1S/C20H21N3O2S/c24-19-17-15-8-4-5-9-16(15)26-18(17)21-20(22-10-12-25-13-11-22)23(19)14-6-2-1-3-7-14/h1-3,6-7H,4-5,8-13H2. The van der Waals surface area contributed by atoms with Gasteiger partial charge in [0.2, 0.25) is 5.95 Å². The number of aryl methyl sites for hydroxylation is 2. The number of hydrogen-bond acceptors (Lipinski definition) is 5. The fraction of sp³-hybridized carbons (Fsp3) is 0.400. The van der Waals surface area contributed by atoms with Crippen LogP contribution >= 0.6 is 11.3 Å². The molecule has 3 aromatic rings. The van der Waals surface area contributed by atoms with Crippen molar-refractivity contribution in [3.63, 3.8) is 0 Å². The van der Waals surface area contributed by atoms with Crippen LogP contribution in [0, 0.1) is 0 Å². The summed E-state index contributed by atoms with van der Waals surface area (Å²) in [5, 5.41) is 0.838. The fourth-order valence-electron chi connectivity index (χ4n) is 3.98. The molecule has 0 unspecified atom stereocenters. The monoisotopic (exact) mass is 367 g/mol. The molecule has 0 spiro atoms. The Morgan fingerprint density at radius 3 is 2.62 bits per heavy atom. The fourth-order valence-corrected chi connectivity index (χ4v) is 5.23. The molecule has 2 aliphatic rings. The SMILES string of the molecule is O=c1c2c3c(sc2nc(N2CCOCC2)n1-c1ccccc1)CCCC3. The van der Waals surface area contributed by atoms with E-state index in [9.17, 15) is 4.79 Å². The van der Waals surface area contributed by atoms with E-state index >= 15 is 0 Å². The summed E-state index contributed by atoms with van der Waals surface area (Å²) < 4.78 is 7.30. The molecule has 0 radical (unpaired) electrons. The normalized spacial score (nSPS) is 17.5. The lowest BCUT2D eigenvalue weighted by molar-refractivity contribution is 0.122. The van der Waals surface area contributed by atoms with Crippen LogP contribution < -0.4 is 10.5 Å². The Morgan fingerprint density at radius 1 is 1.04 bits per heavy atom. The van der Waals surface area contributed by atoms with E-state index in [1.807, 2.05) is 30.3 Å². The summed E-state index contributed by atoms with van der Waals surface area (Å²) >= 11 is 1.71. The van der Waals surface area contributed by atoms with Gasteiger partial charge in [-0.3, -0.25) is 4.79 Å². The topological polar surface area (TPSA) is 47.4 Å². The number of rotatable bonds is 2. The van der Waals surface area contributed by atoms with Gasteiger partial charge in [0, 0.05) is 18.0 Å². The quantitative estimate of drug-likeness (QED) is 0.698. The second kappa shape index (κ2) is 6.52. The van der Waals surface area contributed by atoms with Gasteiger partial charge >= 0.3 is 0 Å². The smallest absolute Gasteiger partial charge is 0.268 e. The Labute approximate surface area is 155 Å². The van der Waals surface area contributed by atoms with Gasteiger partial charge in [-0.05, 0) is 43.4 Å². The van der Waals surface area contributed by atoms with Gasteiger partial charge in [-0.25, -0.2) is 9.55 Å². The van der Waals surface area contributed by atoms with Crippen LogP contribution in [0.5, 0.6) is 0 Å². The minimum Gasteiger partial charge on any atom is -0.378 e. The Hall–Kier alpha value is -2.18. The minimum atomic E-state index is 0.0714. The van der Waals surface area contributed by atoms with Gasteiger partial charge in [0.15, 0.2) is 0 Å². The molecule has 0 atom stereocenters. The summed E-state index contributed by atoms with van der Waals surface area (Å²) in [6.07, 6.45) is 4.45. The lowest BCUT2D eigenvalue weighted by Gasteiger charge is -2.29. The lowest BCUT2D eigenvalue weighted by atomic mass is 9.97. The number of hydrogen-bond donors (Lipinski definition) is 0. The molecule has 2 aromatic heterocycles. The number of fused-ring (bicyclic) bond motifs is 3. The van der Waals surface area contributed by atoms with Crippen LogP contribution in [0.4, 0.5) is 5.95 Å². The average molecular weight is 367 g/mol. The summed E-state index contributed by atoms with van der Waals surface area (Å²) in [7, 11) is 0. The van der Waals surface area contributed by atoms with Crippen molar-refractivity contribution < 1.29 is 4.74 Å². The summed E-state index contributed by atoms with van der Waals surface area (Å²) in [5.41, 5.74) is 2.19. The van der Waals surface area contributed by atoms with E-state index in [1.165, 1.54) is 16.9 Å². The predicted octanol–water partition coefficient (Wildman–Crippen LogP) is 3.16. The molecular formula is C20H21N3O2S. The van der Waals surface area contributed by atoms with Crippen molar-refractivity contribution in [1.82, 2.24) is 9.55 Å². The van der Waals surface area contributed by atoms with Crippen molar-refractivity contribution >= 4 is 27.5 Å². The largest absolute Gasteiger partial charge is 0.378 e. The summed E-state index contributed by atoms with van der Waals surface area (Å²) in [5.74, 6) is 0.746. The third-order valence-electron chi connectivity index (χ3n) is 5.28. The van der Waals surface area contributed by atoms with Crippen molar-refractivity contribution in [2.24, 2.45) is 0 Å². The maximum Gasteiger partial charge on any atom is 0.268 e. The molecule has 0 amide bonds. The summed E-state index contributed by atoms with van der Waals surface area (Å²) in [4.78, 5) is 23.0. The van der Waals surface area contributed by atoms with Gasteiger partial charge in [0.1, 0.15) is 4.83 Å². The van der Waals surface area contributed by atoms with Crippen LogP contribution in [-0.2, 0) is 17.6 Å². The second-order valence-electron chi connectivity index (χ2n) is 6.88. The van der Waals surface area contributed by atoms with Crippen molar-refractivity contribution in [3.05, 3.63) is 51.1 Å². The molecule has 1 aliphatic carbocycles. The molecule has 134 valence electrons. The molecular weight excluding hydrogens is 346 g/mol. The Balaban J connectivity index is 1.80. The highest BCUT2D eigenvalue weighted by Gasteiger charge is 2.25. The average Bonchev–Trinajstić information content (AvgIpc) is 3.08. The molecule has 6 heteroatoms.